The smallest absolute Gasteiger partial charge is 0.249 e. The van der Waals surface area contributed by atoms with Crippen molar-refractivity contribution in [3.05, 3.63) is 48.0 Å². The maximum atomic E-state index is 12.0. The van der Waals surface area contributed by atoms with E-state index in [1.54, 1.807) is 11.0 Å². The van der Waals surface area contributed by atoms with Crippen LogP contribution in [0.2, 0.25) is 0 Å². The van der Waals surface area contributed by atoms with E-state index < -0.39 is 0 Å². The van der Waals surface area contributed by atoms with Crippen LogP contribution >= 0.6 is 0 Å². The van der Waals surface area contributed by atoms with Crippen LogP contribution in [0.4, 0.5) is 0 Å². The number of hydrogen-bond acceptors (Lipinski definition) is 4. The van der Waals surface area contributed by atoms with E-state index in [0.717, 1.165) is 24.0 Å². The summed E-state index contributed by atoms with van der Waals surface area (Å²) in [5, 5.41) is 7.06. The minimum atomic E-state index is -0.285. The van der Waals surface area contributed by atoms with E-state index in [4.69, 9.17) is 4.74 Å². The standard InChI is InChI=1S/C15H18N4O2/c20-15(14-6-3-7-21-14)17-8-12-4-1-2-5-13(12)9-19-11-16-10-18-19/h1-2,4-5,10-11,14H,3,6-9H2,(H,17,20). The number of carbonyl (C=O) groups is 1. The molecule has 1 aromatic carbocycles. The summed E-state index contributed by atoms with van der Waals surface area (Å²) in [6.45, 7) is 1.83. The molecule has 0 bridgehead atoms. The highest BCUT2D eigenvalue weighted by atomic mass is 16.5. The molecule has 1 N–H and O–H groups in total. The molecule has 0 spiro atoms. The number of carbonyl (C=O) groups excluding carboxylic acids is 1. The SMILES string of the molecule is O=C(NCc1ccccc1Cn1cncn1)C1CCCO1. The van der Waals surface area contributed by atoms with E-state index in [2.05, 4.69) is 15.4 Å². The Morgan fingerprint density at radius 3 is 2.95 bits per heavy atom. The van der Waals surface area contributed by atoms with Crippen LogP contribution in [0, 0.1) is 0 Å². The molecule has 1 unspecified atom stereocenters. The van der Waals surface area contributed by atoms with E-state index in [0.29, 0.717) is 19.7 Å². The van der Waals surface area contributed by atoms with Gasteiger partial charge in [-0.15, -0.1) is 0 Å². The Hall–Kier alpha value is -2.21. The van der Waals surface area contributed by atoms with Crippen molar-refractivity contribution in [3.63, 3.8) is 0 Å². The minimum Gasteiger partial charge on any atom is -0.368 e. The van der Waals surface area contributed by atoms with Gasteiger partial charge >= 0.3 is 0 Å². The summed E-state index contributed by atoms with van der Waals surface area (Å²) in [6, 6.07) is 8.01. The average Bonchev–Trinajstić information content (AvgIpc) is 3.19. The van der Waals surface area contributed by atoms with Crippen LogP contribution < -0.4 is 5.32 Å². The highest BCUT2D eigenvalue weighted by molar-refractivity contribution is 5.80. The maximum Gasteiger partial charge on any atom is 0.249 e. The number of hydrogen-bond donors (Lipinski definition) is 1. The third-order valence-electron chi connectivity index (χ3n) is 3.59. The van der Waals surface area contributed by atoms with Gasteiger partial charge in [0, 0.05) is 13.2 Å². The molecule has 1 fully saturated rings. The summed E-state index contributed by atoms with van der Waals surface area (Å²) in [7, 11) is 0. The number of ether oxygens (including phenoxy) is 1. The topological polar surface area (TPSA) is 69.0 Å². The number of rotatable bonds is 5. The lowest BCUT2D eigenvalue weighted by Crippen LogP contribution is -2.33. The molecule has 21 heavy (non-hydrogen) atoms. The van der Waals surface area contributed by atoms with Crippen molar-refractivity contribution in [2.75, 3.05) is 6.61 Å². The molecule has 1 aromatic heterocycles. The lowest BCUT2D eigenvalue weighted by Gasteiger charge is -2.13. The van der Waals surface area contributed by atoms with Gasteiger partial charge in [-0.25, -0.2) is 9.67 Å². The molecule has 1 amide bonds. The molecule has 6 nitrogen and oxygen atoms in total. The molecule has 0 aliphatic carbocycles. The van der Waals surface area contributed by atoms with Gasteiger partial charge in [0.15, 0.2) is 0 Å². The number of aromatic nitrogens is 3. The Morgan fingerprint density at radius 1 is 1.38 bits per heavy atom. The third kappa shape index (κ3) is 3.46. The quantitative estimate of drug-likeness (QED) is 0.894. The molecule has 1 saturated heterocycles. The number of nitrogens with zero attached hydrogens (tertiary/aromatic N) is 3. The van der Waals surface area contributed by atoms with Crippen molar-refractivity contribution in [3.8, 4) is 0 Å². The fourth-order valence-corrected chi connectivity index (χ4v) is 2.45. The van der Waals surface area contributed by atoms with E-state index in [1.807, 2.05) is 24.3 Å². The molecule has 3 rings (SSSR count). The number of amides is 1. The van der Waals surface area contributed by atoms with Crippen LogP contribution in [0.3, 0.4) is 0 Å². The predicted molar refractivity (Wildman–Crippen MR) is 76.4 cm³/mol. The zero-order valence-electron chi connectivity index (χ0n) is 11.7. The van der Waals surface area contributed by atoms with Gasteiger partial charge in [-0.2, -0.15) is 5.10 Å². The Kier molecular flexibility index (Phi) is 4.25. The molecular formula is C15H18N4O2. The largest absolute Gasteiger partial charge is 0.368 e. The zero-order chi connectivity index (χ0) is 14.5. The molecule has 1 aliphatic heterocycles. The molecule has 2 aromatic rings. The first kappa shape index (κ1) is 13.8. The van der Waals surface area contributed by atoms with Crippen molar-refractivity contribution in [1.82, 2.24) is 20.1 Å². The summed E-state index contributed by atoms with van der Waals surface area (Å²) < 4.78 is 7.15. The molecule has 1 aliphatic rings. The van der Waals surface area contributed by atoms with E-state index in [9.17, 15) is 4.79 Å². The summed E-state index contributed by atoms with van der Waals surface area (Å²) >= 11 is 0. The van der Waals surface area contributed by atoms with Gasteiger partial charge in [0.1, 0.15) is 18.8 Å². The van der Waals surface area contributed by atoms with E-state index in [1.165, 1.54) is 6.33 Å². The first-order valence-corrected chi connectivity index (χ1v) is 7.11. The highest BCUT2D eigenvalue weighted by Gasteiger charge is 2.23. The zero-order valence-corrected chi connectivity index (χ0v) is 11.7. The maximum absolute atomic E-state index is 12.0. The molecule has 6 heteroatoms. The number of benzene rings is 1. The molecule has 1 atom stereocenters. The first-order valence-electron chi connectivity index (χ1n) is 7.11. The van der Waals surface area contributed by atoms with Gasteiger partial charge in [-0.3, -0.25) is 4.79 Å². The summed E-state index contributed by atoms with van der Waals surface area (Å²) in [5.74, 6) is -0.0249. The summed E-state index contributed by atoms with van der Waals surface area (Å²) in [6.07, 6.45) is 4.68. The van der Waals surface area contributed by atoms with Gasteiger partial charge in [-0.1, -0.05) is 24.3 Å². The predicted octanol–water partition coefficient (Wildman–Crippen LogP) is 1.12. The van der Waals surface area contributed by atoms with Crippen LogP contribution in [0.15, 0.2) is 36.9 Å². The molecular weight excluding hydrogens is 268 g/mol. The van der Waals surface area contributed by atoms with Crippen LogP contribution in [0.1, 0.15) is 24.0 Å². The second kappa shape index (κ2) is 6.49. The minimum absolute atomic E-state index is 0.0249. The number of nitrogens with one attached hydrogen (secondary N) is 1. The highest BCUT2D eigenvalue weighted by Crippen LogP contribution is 2.13. The van der Waals surface area contributed by atoms with Gasteiger partial charge in [0.25, 0.3) is 0 Å². The van der Waals surface area contributed by atoms with Gasteiger partial charge in [0.2, 0.25) is 5.91 Å². The molecule has 110 valence electrons. The van der Waals surface area contributed by atoms with Crippen molar-refractivity contribution >= 4 is 5.91 Å². The fourth-order valence-electron chi connectivity index (χ4n) is 2.45. The molecule has 2 heterocycles. The van der Waals surface area contributed by atoms with E-state index >= 15 is 0 Å². The van der Waals surface area contributed by atoms with Crippen LogP contribution in [-0.2, 0) is 22.6 Å². The Balaban J connectivity index is 1.63. The second-order valence-corrected chi connectivity index (χ2v) is 5.08. The Bertz CT molecular complexity index is 591. The summed E-state index contributed by atoms with van der Waals surface area (Å²) in [5.41, 5.74) is 2.20. The van der Waals surface area contributed by atoms with Crippen molar-refractivity contribution in [2.45, 2.75) is 32.0 Å². The fraction of sp³-hybridized carbons (Fsp3) is 0.400. The lowest BCUT2D eigenvalue weighted by atomic mass is 10.1. The summed E-state index contributed by atoms with van der Waals surface area (Å²) in [4.78, 5) is 15.9. The van der Waals surface area contributed by atoms with Crippen molar-refractivity contribution in [2.24, 2.45) is 0 Å². The van der Waals surface area contributed by atoms with Crippen LogP contribution in [0.25, 0.3) is 0 Å². The second-order valence-electron chi connectivity index (χ2n) is 5.08. The monoisotopic (exact) mass is 286 g/mol. The van der Waals surface area contributed by atoms with Gasteiger partial charge in [-0.05, 0) is 24.0 Å². The first-order chi connectivity index (χ1) is 10.3. The Labute approximate surface area is 123 Å². The molecule has 0 radical (unpaired) electrons. The van der Waals surface area contributed by atoms with Gasteiger partial charge < -0.3 is 10.1 Å². The van der Waals surface area contributed by atoms with Crippen LogP contribution in [0.5, 0.6) is 0 Å². The third-order valence-corrected chi connectivity index (χ3v) is 3.59. The van der Waals surface area contributed by atoms with Crippen molar-refractivity contribution in [1.29, 1.82) is 0 Å². The van der Waals surface area contributed by atoms with E-state index in [-0.39, 0.29) is 12.0 Å². The molecule has 0 saturated carbocycles. The normalized spacial score (nSPS) is 17.8. The average molecular weight is 286 g/mol. The van der Waals surface area contributed by atoms with Crippen LogP contribution in [-0.4, -0.2) is 33.4 Å². The Morgan fingerprint density at radius 2 is 2.24 bits per heavy atom. The lowest BCUT2D eigenvalue weighted by molar-refractivity contribution is -0.130. The van der Waals surface area contributed by atoms with Gasteiger partial charge in [0.05, 0.1) is 6.54 Å². The van der Waals surface area contributed by atoms with Crippen molar-refractivity contribution < 1.29 is 9.53 Å².